The van der Waals surface area contributed by atoms with Crippen LogP contribution in [0.4, 0.5) is 4.39 Å². The van der Waals surface area contributed by atoms with E-state index in [0.717, 1.165) is 16.7 Å². The van der Waals surface area contributed by atoms with E-state index in [1.807, 2.05) is 44.2 Å². The molecule has 0 fully saturated rings. The van der Waals surface area contributed by atoms with Gasteiger partial charge in [0.25, 0.3) is 0 Å². The molecule has 0 spiro atoms. The highest BCUT2D eigenvalue weighted by Crippen LogP contribution is 2.26. The summed E-state index contributed by atoms with van der Waals surface area (Å²) in [5.41, 5.74) is 3.84. The fourth-order valence-electron chi connectivity index (χ4n) is 1.72. The Morgan fingerprint density at radius 2 is 1.60 bits per heavy atom. The highest BCUT2D eigenvalue weighted by Gasteiger charge is 2.06. The molecular formula is C14H13F. The van der Waals surface area contributed by atoms with Crippen LogP contribution >= 0.6 is 0 Å². The van der Waals surface area contributed by atoms with Crippen LogP contribution in [0.15, 0.2) is 42.5 Å². The SMILES string of the molecule is Cc1ccc(F)c(-c2ccccc2C)c1. The van der Waals surface area contributed by atoms with Crippen LogP contribution in [-0.4, -0.2) is 0 Å². The Bertz CT molecular complexity index is 486. The van der Waals surface area contributed by atoms with Crippen molar-refractivity contribution in [3.8, 4) is 11.1 Å². The molecule has 0 radical (unpaired) electrons. The van der Waals surface area contributed by atoms with E-state index >= 15 is 0 Å². The molecule has 0 aromatic heterocycles. The molecule has 2 aromatic rings. The molecule has 0 aliphatic heterocycles. The first-order chi connectivity index (χ1) is 7.18. The van der Waals surface area contributed by atoms with Crippen molar-refractivity contribution in [3.63, 3.8) is 0 Å². The molecule has 0 aliphatic rings. The van der Waals surface area contributed by atoms with Crippen LogP contribution in [0.3, 0.4) is 0 Å². The minimum absolute atomic E-state index is 0.157. The molecule has 0 bridgehead atoms. The van der Waals surface area contributed by atoms with E-state index in [9.17, 15) is 4.39 Å². The van der Waals surface area contributed by atoms with Crippen molar-refractivity contribution in [1.29, 1.82) is 0 Å². The van der Waals surface area contributed by atoms with Gasteiger partial charge in [0.15, 0.2) is 0 Å². The fraction of sp³-hybridized carbons (Fsp3) is 0.143. The number of hydrogen-bond donors (Lipinski definition) is 0. The summed E-state index contributed by atoms with van der Waals surface area (Å²) in [6.45, 7) is 3.97. The van der Waals surface area contributed by atoms with Crippen LogP contribution in [0, 0.1) is 19.7 Å². The van der Waals surface area contributed by atoms with Crippen molar-refractivity contribution < 1.29 is 4.39 Å². The van der Waals surface area contributed by atoms with Gasteiger partial charge in [-0.25, -0.2) is 4.39 Å². The van der Waals surface area contributed by atoms with E-state index in [2.05, 4.69) is 0 Å². The zero-order valence-corrected chi connectivity index (χ0v) is 8.92. The van der Waals surface area contributed by atoms with E-state index < -0.39 is 0 Å². The molecule has 15 heavy (non-hydrogen) atoms. The summed E-state index contributed by atoms with van der Waals surface area (Å²) < 4.78 is 13.6. The van der Waals surface area contributed by atoms with Gasteiger partial charge in [-0.05, 0) is 37.1 Å². The number of halogens is 1. The molecule has 76 valence electrons. The topological polar surface area (TPSA) is 0 Å². The molecule has 0 unspecified atom stereocenters. The lowest BCUT2D eigenvalue weighted by Gasteiger charge is -2.07. The van der Waals surface area contributed by atoms with Crippen LogP contribution in [0.5, 0.6) is 0 Å². The average Bonchev–Trinajstić information content (AvgIpc) is 2.23. The Morgan fingerprint density at radius 1 is 0.867 bits per heavy atom. The lowest BCUT2D eigenvalue weighted by molar-refractivity contribution is 0.631. The van der Waals surface area contributed by atoms with Crippen molar-refractivity contribution in [2.45, 2.75) is 13.8 Å². The molecule has 0 atom stereocenters. The van der Waals surface area contributed by atoms with Gasteiger partial charge in [-0.3, -0.25) is 0 Å². The van der Waals surface area contributed by atoms with Gasteiger partial charge in [-0.2, -0.15) is 0 Å². The summed E-state index contributed by atoms with van der Waals surface area (Å²) in [5.74, 6) is -0.157. The normalized spacial score (nSPS) is 10.3. The molecule has 0 N–H and O–H groups in total. The second-order valence-corrected chi connectivity index (χ2v) is 3.80. The minimum atomic E-state index is -0.157. The summed E-state index contributed by atoms with van der Waals surface area (Å²) in [6, 6.07) is 13.0. The van der Waals surface area contributed by atoms with Gasteiger partial charge in [0, 0.05) is 5.56 Å². The summed E-state index contributed by atoms with van der Waals surface area (Å²) >= 11 is 0. The van der Waals surface area contributed by atoms with E-state index in [-0.39, 0.29) is 5.82 Å². The molecule has 0 amide bonds. The van der Waals surface area contributed by atoms with Crippen LogP contribution in [-0.2, 0) is 0 Å². The van der Waals surface area contributed by atoms with Gasteiger partial charge in [-0.15, -0.1) is 0 Å². The molecule has 0 saturated carbocycles. The number of benzene rings is 2. The Kier molecular flexibility index (Phi) is 2.55. The average molecular weight is 200 g/mol. The Morgan fingerprint density at radius 3 is 2.33 bits per heavy atom. The van der Waals surface area contributed by atoms with Crippen molar-refractivity contribution in [2.75, 3.05) is 0 Å². The maximum Gasteiger partial charge on any atom is 0.131 e. The van der Waals surface area contributed by atoms with Crippen molar-refractivity contribution in [3.05, 3.63) is 59.4 Å². The third-order valence-corrected chi connectivity index (χ3v) is 2.56. The Balaban J connectivity index is 2.64. The van der Waals surface area contributed by atoms with Gasteiger partial charge in [0.1, 0.15) is 5.82 Å². The highest BCUT2D eigenvalue weighted by atomic mass is 19.1. The van der Waals surface area contributed by atoms with Crippen LogP contribution in [0.25, 0.3) is 11.1 Å². The van der Waals surface area contributed by atoms with E-state index in [1.165, 1.54) is 6.07 Å². The molecule has 0 aliphatic carbocycles. The van der Waals surface area contributed by atoms with Gasteiger partial charge >= 0.3 is 0 Å². The Labute approximate surface area is 89.4 Å². The Hall–Kier alpha value is -1.63. The largest absolute Gasteiger partial charge is 0.206 e. The summed E-state index contributed by atoms with van der Waals surface area (Å²) in [4.78, 5) is 0. The van der Waals surface area contributed by atoms with E-state index in [1.54, 1.807) is 6.07 Å². The standard InChI is InChI=1S/C14H13F/c1-10-7-8-14(15)13(9-10)12-6-4-3-5-11(12)2/h3-9H,1-2H3. The maximum absolute atomic E-state index is 13.6. The van der Waals surface area contributed by atoms with Crippen molar-refractivity contribution in [2.24, 2.45) is 0 Å². The fourth-order valence-corrected chi connectivity index (χ4v) is 1.72. The number of rotatable bonds is 1. The zero-order valence-electron chi connectivity index (χ0n) is 8.92. The van der Waals surface area contributed by atoms with Gasteiger partial charge in [-0.1, -0.05) is 35.9 Å². The lowest BCUT2D eigenvalue weighted by Crippen LogP contribution is -1.88. The summed E-state index contributed by atoms with van der Waals surface area (Å²) in [6.07, 6.45) is 0. The van der Waals surface area contributed by atoms with Gasteiger partial charge in [0.2, 0.25) is 0 Å². The van der Waals surface area contributed by atoms with E-state index in [4.69, 9.17) is 0 Å². The second-order valence-electron chi connectivity index (χ2n) is 3.80. The second kappa shape index (κ2) is 3.85. The van der Waals surface area contributed by atoms with Crippen LogP contribution in [0.1, 0.15) is 11.1 Å². The first-order valence-corrected chi connectivity index (χ1v) is 5.00. The molecule has 0 saturated heterocycles. The van der Waals surface area contributed by atoms with Crippen LogP contribution in [0.2, 0.25) is 0 Å². The molecular weight excluding hydrogens is 187 g/mol. The lowest BCUT2D eigenvalue weighted by atomic mass is 9.99. The molecule has 1 heteroatoms. The van der Waals surface area contributed by atoms with Gasteiger partial charge in [0.05, 0.1) is 0 Å². The number of hydrogen-bond acceptors (Lipinski definition) is 0. The smallest absolute Gasteiger partial charge is 0.131 e. The van der Waals surface area contributed by atoms with Crippen molar-refractivity contribution >= 4 is 0 Å². The predicted molar refractivity (Wildman–Crippen MR) is 61.3 cm³/mol. The van der Waals surface area contributed by atoms with Crippen LogP contribution < -0.4 is 0 Å². The maximum atomic E-state index is 13.6. The third kappa shape index (κ3) is 1.91. The molecule has 0 nitrogen and oxygen atoms in total. The molecule has 0 heterocycles. The molecule has 2 rings (SSSR count). The predicted octanol–water partition coefficient (Wildman–Crippen LogP) is 4.11. The number of aryl methyl sites for hydroxylation is 2. The quantitative estimate of drug-likeness (QED) is 0.649. The third-order valence-electron chi connectivity index (χ3n) is 2.56. The minimum Gasteiger partial charge on any atom is -0.206 e. The van der Waals surface area contributed by atoms with Crippen molar-refractivity contribution in [1.82, 2.24) is 0 Å². The first-order valence-electron chi connectivity index (χ1n) is 5.00. The van der Waals surface area contributed by atoms with Gasteiger partial charge < -0.3 is 0 Å². The summed E-state index contributed by atoms with van der Waals surface area (Å²) in [5, 5.41) is 0. The zero-order chi connectivity index (χ0) is 10.8. The monoisotopic (exact) mass is 200 g/mol. The first kappa shape index (κ1) is 9.91. The highest BCUT2D eigenvalue weighted by molar-refractivity contribution is 5.68. The van der Waals surface area contributed by atoms with E-state index in [0.29, 0.717) is 5.56 Å². The summed E-state index contributed by atoms with van der Waals surface area (Å²) in [7, 11) is 0. The molecule has 2 aromatic carbocycles.